The van der Waals surface area contributed by atoms with Gasteiger partial charge >= 0.3 is 0 Å². The van der Waals surface area contributed by atoms with E-state index in [9.17, 15) is 9.59 Å². The summed E-state index contributed by atoms with van der Waals surface area (Å²) in [6.07, 6.45) is 2.81. The number of nitrogens with zero attached hydrogens (tertiary/aromatic N) is 1. The molecular weight excluding hydrogens is 438 g/mol. The Labute approximate surface area is 199 Å². The van der Waals surface area contributed by atoms with Gasteiger partial charge in [-0.3, -0.25) is 14.5 Å². The van der Waals surface area contributed by atoms with Crippen molar-refractivity contribution in [3.63, 3.8) is 0 Å². The third-order valence-electron chi connectivity index (χ3n) is 5.49. The van der Waals surface area contributed by atoms with Crippen molar-refractivity contribution in [2.24, 2.45) is 0 Å². The molecule has 2 N–H and O–H groups in total. The molecule has 0 fully saturated rings. The van der Waals surface area contributed by atoms with Crippen LogP contribution in [0.5, 0.6) is 23.0 Å². The summed E-state index contributed by atoms with van der Waals surface area (Å²) in [6, 6.07) is 8.76. The van der Waals surface area contributed by atoms with Crippen LogP contribution >= 0.6 is 0 Å². The van der Waals surface area contributed by atoms with Crippen LogP contribution in [0.15, 0.2) is 36.4 Å². The molecular formula is C25H31N3O6. The Morgan fingerprint density at radius 3 is 2.12 bits per heavy atom. The van der Waals surface area contributed by atoms with E-state index in [1.54, 1.807) is 39.5 Å². The molecule has 182 valence electrons. The normalized spacial score (nSPS) is 13.5. The lowest BCUT2D eigenvalue weighted by Crippen LogP contribution is -2.36. The van der Waals surface area contributed by atoms with Gasteiger partial charge in [-0.2, -0.15) is 0 Å². The number of ether oxygens (including phenoxy) is 4. The van der Waals surface area contributed by atoms with E-state index in [-0.39, 0.29) is 18.4 Å². The van der Waals surface area contributed by atoms with Crippen LogP contribution in [0, 0.1) is 0 Å². The van der Waals surface area contributed by atoms with Gasteiger partial charge in [0.15, 0.2) is 0 Å². The average molecular weight is 470 g/mol. The van der Waals surface area contributed by atoms with Gasteiger partial charge in [0.25, 0.3) is 0 Å². The minimum Gasteiger partial charge on any atom is -0.496 e. The first-order valence-corrected chi connectivity index (χ1v) is 10.9. The van der Waals surface area contributed by atoms with Crippen LogP contribution in [-0.2, 0) is 9.59 Å². The Morgan fingerprint density at radius 1 is 0.912 bits per heavy atom. The van der Waals surface area contributed by atoms with Gasteiger partial charge in [-0.05, 0) is 30.2 Å². The molecule has 34 heavy (non-hydrogen) atoms. The molecule has 2 aromatic carbocycles. The molecule has 2 aromatic rings. The van der Waals surface area contributed by atoms with Gasteiger partial charge in [0, 0.05) is 37.8 Å². The summed E-state index contributed by atoms with van der Waals surface area (Å²) in [4.78, 5) is 26.1. The minimum atomic E-state index is -0.191. The summed E-state index contributed by atoms with van der Waals surface area (Å²) in [5.74, 6) is 2.17. The van der Waals surface area contributed by atoms with Gasteiger partial charge in [0.2, 0.25) is 11.8 Å². The van der Waals surface area contributed by atoms with E-state index in [4.69, 9.17) is 18.9 Å². The second-order valence-electron chi connectivity index (χ2n) is 7.77. The van der Waals surface area contributed by atoms with Crippen molar-refractivity contribution in [2.75, 3.05) is 58.7 Å². The van der Waals surface area contributed by atoms with Crippen LogP contribution in [-0.4, -0.2) is 64.8 Å². The van der Waals surface area contributed by atoms with Crippen LogP contribution in [0.4, 0.5) is 11.4 Å². The second-order valence-corrected chi connectivity index (χ2v) is 7.77. The van der Waals surface area contributed by atoms with Gasteiger partial charge in [-0.1, -0.05) is 6.08 Å². The maximum Gasteiger partial charge on any atom is 0.238 e. The van der Waals surface area contributed by atoms with Crippen molar-refractivity contribution in [2.45, 2.75) is 13.3 Å². The molecule has 0 saturated carbocycles. The molecule has 1 aliphatic heterocycles. The van der Waals surface area contributed by atoms with Crippen molar-refractivity contribution in [1.82, 2.24) is 4.90 Å². The zero-order valence-electron chi connectivity index (χ0n) is 20.2. The fraction of sp³-hybridized carbons (Fsp3) is 0.360. The lowest BCUT2D eigenvalue weighted by Gasteiger charge is -2.27. The summed E-state index contributed by atoms with van der Waals surface area (Å²) in [5.41, 5.74) is 3.07. The van der Waals surface area contributed by atoms with E-state index >= 15 is 0 Å². The lowest BCUT2D eigenvalue weighted by atomic mass is 9.97. The van der Waals surface area contributed by atoms with Crippen LogP contribution < -0.4 is 29.6 Å². The SMILES string of the molecule is COc1cc(OC)c(C2=CCN(CC(=O)Nc3cc(NC(C)=O)ccc3OC)CC2)c(OC)c1. The molecule has 0 radical (unpaired) electrons. The molecule has 2 amide bonds. The number of benzene rings is 2. The van der Waals surface area contributed by atoms with Crippen molar-refractivity contribution < 1.29 is 28.5 Å². The zero-order chi connectivity index (χ0) is 24.7. The molecule has 0 unspecified atom stereocenters. The fourth-order valence-corrected chi connectivity index (χ4v) is 3.88. The van der Waals surface area contributed by atoms with Gasteiger partial charge in [-0.25, -0.2) is 0 Å². The van der Waals surface area contributed by atoms with Crippen molar-refractivity contribution in [3.05, 3.63) is 42.0 Å². The number of hydrogen-bond donors (Lipinski definition) is 2. The van der Waals surface area contributed by atoms with Gasteiger partial charge < -0.3 is 29.6 Å². The maximum atomic E-state index is 12.7. The van der Waals surface area contributed by atoms with E-state index in [2.05, 4.69) is 16.7 Å². The summed E-state index contributed by atoms with van der Waals surface area (Å²) >= 11 is 0. The third kappa shape index (κ3) is 5.99. The molecule has 0 saturated heterocycles. The number of anilines is 2. The fourth-order valence-electron chi connectivity index (χ4n) is 3.88. The Hall–Kier alpha value is -3.72. The molecule has 9 nitrogen and oxygen atoms in total. The highest BCUT2D eigenvalue weighted by atomic mass is 16.5. The van der Waals surface area contributed by atoms with E-state index in [0.717, 1.165) is 17.6 Å². The Bertz CT molecular complexity index is 1060. The highest BCUT2D eigenvalue weighted by Gasteiger charge is 2.22. The van der Waals surface area contributed by atoms with E-state index in [1.807, 2.05) is 17.0 Å². The van der Waals surface area contributed by atoms with Crippen LogP contribution in [0.1, 0.15) is 18.9 Å². The molecule has 0 aromatic heterocycles. The predicted octanol–water partition coefficient (Wildman–Crippen LogP) is 3.41. The predicted molar refractivity (Wildman–Crippen MR) is 131 cm³/mol. The van der Waals surface area contributed by atoms with Gasteiger partial charge in [0.1, 0.15) is 23.0 Å². The van der Waals surface area contributed by atoms with E-state index in [1.165, 1.54) is 14.0 Å². The number of nitrogens with one attached hydrogen (secondary N) is 2. The van der Waals surface area contributed by atoms with E-state index in [0.29, 0.717) is 47.5 Å². The van der Waals surface area contributed by atoms with Gasteiger partial charge in [0.05, 0.1) is 46.2 Å². The summed E-state index contributed by atoms with van der Waals surface area (Å²) in [5, 5.41) is 5.59. The topological polar surface area (TPSA) is 98.4 Å². The molecule has 0 aliphatic carbocycles. The number of carbonyl (C=O) groups excluding carboxylic acids is 2. The zero-order valence-corrected chi connectivity index (χ0v) is 20.2. The number of carbonyl (C=O) groups is 2. The molecule has 1 heterocycles. The average Bonchev–Trinajstić information content (AvgIpc) is 2.83. The van der Waals surface area contributed by atoms with Crippen molar-refractivity contribution >= 4 is 28.8 Å². The summed E-state index contributed by atoms with van der Waals surface area (Å²) in [6.45, 7) is 2.94. The summed E-state index contributed by atoms with van der Waals surface area (Å²) in [7, 11) is 6.37. The monoisotopic (exact) mass is 469 g/mol. The number of amides is 2. The number of rotatable bonds is 9. The minimum absolute atomic E-state index is 0.172. The van der Waals surface area contributed by atoms with Crippen LogP contribution in [0.3, 0.4) is 0 Å². The third-order valence-corrected chi connectivity index (χ3v) is 5.49. The standard InChI is InChI=1S/C25H31N3O6/c1-16(29)26-18-6-7-21(32-3)20(12-18)27-24(30)15-28-10-8-17(9-11-28)25-22(33-4)13-19(31-2)14-23(25)34-5/h6-8,12-14H,9-11,15H2,1-5H3,(H,26,29)(H,27,30). The van der Waals surface area contributed by atoms with Crippen LogP contribution in [0.2, 0.25) is 0 Å². The Balaban J connectivity index is 1.69. The quantitative estimate of drug-likeness (QED) is 0.581. The first-order chi connectivity index (χ1) is 16.4. The largest absolute Gasteiger partial charge is 0.496 e. The van der Waals surface area contributed by atoms with Gasteiger partial charge in [-0.15, -0.1) is 0 Å². The molecule has 0 spiro atoms. The molecule has 9 heteroatoms. The molecule has 1 aliphatic rings. The number of hydrogen-bond acceptors (Lipinski definition) is 7. The lowest BCUT2D eigenvalue weighted by molar-refractivity contribution is -0.117. The smallest absolute Gasteiger partial charge is 0.238 e. The first kappa shape index (κ1) is 24.9. The highest BCUT2D eigenvalue weighted by Crippen LogP contribution is 2.40. The highest BCUT2D eigenvalue weighted by molar-refractivity contribution is 5.96. The summed E-state index contributed by atoms with van der Waals surface area (Å²) < 4.78 is 21.8. The van der Waals surface area contributed by atoms with Crippen molar-refractivity contribution in [1.29, 1.82) is 0 Å². The second kappa shape index (κ2) is 11.4. The van der Waals surface area contributed by atoms with Crippen molar-refractivity contribution in [3.8, 4) is 23.0 Å². The Morgan fingerprint density at radius 2 is 1.59 bits per heavy atom. The molecule has 0 atom stereocenters. The molecule has 3 rings (SSSR count). The molecule has 0 bridgehead atoms. The van der Waals surface area contributed by atoms with E-state index < -0.39 is 0 Å². The Kier molecular flexibility index (Phi) is 8.37. The van der Waals surface area contributed by atoms with Crippen LogP contribution in [0.25, 0.3) is 5.57 Å². The first-order valence-electron chi connectivity index (χ1n) is 10.9. The number of methoxy groups -OCH3 is 4. The maximum absolute atomic E-state index is 12.7.